The predicted molar refractivity (Wildman–Crippen MR) is 92.4 cm³/mol. The Labute approximate surface area is 156 Å². The molecule has 0 N–H and O–H groups in total. The monoisotopic (exact) mass is 384 g/mol. The van der Waals surface area contributed by atoms with Crippen molar-refractivity contribution in [2.75, 3.05) is 19.6 Å². The van der Waals surface area contributed by atoms with E-state index in [-0.39, 0.29) is 25.2 Å². The summed E-state index contributed by atoms with van der Waals surface area (Å²) in [7, 11) is 0. The molecular formula is C19H23F3N2O3. The zero-order valence-electron chi connectivity index (χ0n) is 15.8. The standard InChI is InChI=1S/C19H23F3N2O3/c1-5-11-8-12-14-10-23(17(26)27-18(2,3)4)6-7-24(14)16(25)15(12)13(9-11)19(20,21)22/h8-9,14H,5-7,10H2,1-4H3/t14-/m0/s1. The fourth-order valence-electron chi connectivity index (χ4n) is 3.58. The first-order valence-corrected chi connectivity index (χ1v) is 8.95. The number of hydrogen-bond acceptors (Lipinski definition) is 3. The van der Waals surface area contributed by atoms with Crippen LogP contribution in [0.5, 0.6) is 0 Å². The number of ether oxygens (including phenoxy) is 1. The minimum Gasteiger partial charge on any atom is -0.444 e. The van der Waals surface area contributed by atoms with Crippen LogP contribution >= 0.6 is 0 Å². The highest BCUT2D eigenvalue weighted by atomic mass is 19.4. The molecule has 2 heterocycles. The molecule has 148 valence electrons. The summed E-state index contributed by atoms with van der Waals surface area (Å²) in [6.45, 7) is 7.54. The lowest BCUT2D eigenvalue weighted by Gasteiger charge is -2.38. The van der Waals surface area contributed by atoms with Crippen molar-refractivity contribution in [1.82, 2.24) is 9.80 Å². The zero-order chi connectivity index (χ0) is 20.1. The Hall–Kier alpha value is -2.25. The number of fused-ring (bicyclic) bond motifs is 3. The molecule has 3 rings (SSSR count). The average Bonchev–Trinajstić information content (AvgIpc) is 2.84. The number of benzene rings is 1. The maximum Gasteiger partial charge on any atom is 0.417 e. The van der Waals surface area contributed by atoms with Crippen LogP contribution in [0.3, 0.4) is 0 Å². The normalized spacial score (nSPS) is 19.8. The molecule has 27 heavy (non-hydrogen) atoms. The highest BCUT2D eigenvalue weighted by Gasteiger charge is 2.47. The molecule has 0 aliphatic carbocycles. The van der Waals surface area contributed by atoms with Gasteiger partial charge < -0.3 is 14.5 Å². The van der Waals surface area contributed by atoms with Gasteiger partial charge in [0.1, 0.15) is 5.60 Å². The van der Waals surface area contributed by atoms with Crippen molar-refractivity contribution in [3.05, 3.63) is 34.4 Å². The molecule has 8 heteroatoms. The van der Waals surface area contributed by atoms with E-state index in [1.165, 1.54) is 9.80 Å². The molecular weight excluding hydrogens is 361 g/mol. The maximum atomic E-state index is 13.5. The molecule has 5 nitrogen and oxygen atoms in total. The Bertz CT molecular complexity index is 784. The number of piperazine rings is 1. The van der Waals surface area contributed by atoms with E-state index in [9.17, 15) is 22.8 Å². The van der Waals surface area contributed by atoms with Crippen LogP contribution in [0, 0.1) is 0 Å². The number of nitrogens with zero attached hydrogens (tertiary/aromatic N) is 2. The fraction of sp³-hybridized carbons (Fsp3) is 0.579. The van der Waals surface area contributed by atoms with E-state index < -0.39 is 35.4 Å². The molecule has 1 aromatic rings. The molecule has 0 bridgehead atoms. The summed E-state index contributed by atoms with van der Waals surface area (Å²) in [5.74, 6) is -0.617. The summed E-state index contributed by atoms with van der Waals surface area (Å²) >= 11 is 0. The second-order valence-corrected chi connectivity index (χ2v) is 7.90. The maximum absolute atomic E-state index is 13.5. The smallest absolute Gasteiger partial charge is 0.417 e. The quantitative estimate of drug-likeness (QED) is 0.735. The third-order valence-corrected chi connectivity index (χ3v) is 4.81. The van der Waals surface area contributed by atoms with Gasteiger partial charge in [0.2, 0.25) is 0 Å². The number of carbonyl (C=O) groups is 2. The van der Waals surface area contributed by atoms with E-state index in [0.717, 1.165) is 6.07 Å². The van der Waals surface area contributed by atoms with Crippen molar-refractivity contribution in [1.29, 1.82) is 0 Å². The lowest BCUT2D eigenvalue weighted by Crippen LogP contribution is -2.50. The molecule has 0 unspecified atom stereocenters. The van der Waals surface area contributed by atoms with Gasteiger partial charge in [-0.2, -0.15) is 13.2 Å². The molecule has 1 atom stereocenters. The molecule has 0 spiro atoms. The summed E-state index contributed by atoms with van der Waals surface area (Å²) in [4.78, 5) is 27.9. The van der Waals surface area contributed by atoms with Gasteiger partial charge in [0.15, 0.2) is 0 Å². The molecule has 0 radical (unpaired) electrons. The molecule has 0 aromatic heterocycles. The fourth-order valence-corrected chi connectivity index (χ4v) is 3.58. The molecule has 1 fully saturated rings. The van der Waals surface area contributed by atoms with Crippen molar-refractivity contribution in [2.24, 2.45) is 0 Å². The van der Waals surface area contributed by atoms with Crippen molar-refractivity contribution >= 4 is 12.0 Å². The highest BCUT2D eigenvalue weighted by Crippen LogP contribution is 2.43. The zero-order valence-corrected chi connectivity index (χ0v) is 15.8. The van der Waals surface area contributed by atoms with Crippen molar-refractivity contribution in [3.8, 4) is 0 Å². The number of alkyl halides is 3. The van der Waals surface area contributed by atoms with E-state index in [0.29, 0.717) is 17.5 Å². The molecule has 0 saturated carbocycles. The molecule has 1 aromatic carbocycles. The van der Waals surface area contributed by atoms with Gasteiger partial charge in [0.05, 0.1) is 17.2 Å². The van der Waals surface area contributed by atoms with Crippen molar-refractivity contribution < 1.29 is 27.5 Å². The van der Waals surface area contributed by atoms with Crippen LogP contribution in [0.15, 0.2) is 12.1 Å². The van der Waals surface area contributed by atoms with Gasteiger partial charge in [-0.05, 0) is 44.4 Å². The lowest BCUT2D eigenvalue weighted by atomic mass is 9.94. The topological polar surface area (TPSA) is 49.9 Å². The van der Waals surface area contributed by atoms with Gasteiger partial charge in [-0.3, -0.25) is 4.79 Å². The minimum absolute atomic E-state index is 0.123. The van der Waals surface area contributed by atoms with Gasteiger partial charge in [-0.15, -0.1) is 0 Å². The van der Waals surface area contributed by atoms with E-state index in [1.54, 1.807) is 33.8 Å². The van der Waals surface area contributed by atoms with Crippen molar-refractivity contribution in [3.63, 3.8) is 0 Å². The first kappa shape index (κ1) is 19.5. The largest absolute Gasteiger partial charge is 0.444 e. The first-order valence-electron chi connectivity index (χ1n) is 8.95. The van der Waals surface area contributed by atoms with Gasteiger partial charge >= 0.3 is 12.3 Å². The minimum atomic E-state index is -4.61. The molecule has 2 amide bonds. The number of hydrogen-bond donors (Lipinski definition) is 0. The van der Waals surface area contributed by atoms with Gasteiger partial charge in [0.25, 0.3) is 5.91 Å². The average molecular weight is 384 g/mol. The van der Waals surface area contributed by atoms with Gasteiger partial charge in [0, 0.05) is 19.6 Å². The summed E-state index contributed by atoms with van der Waals surface area (Å²) in [5.41, 5.74) is -0.975. The van der Waals surface area contributed by atoms with E-state index in [4.69, 9.17) is 4.74 Å². The van der Waals surface area contributed by atoms with E-state index in [2.05, 4.69) is 0 Å². The number of amides is 2. The van der Waals surface area contributed by atoms with Crippen LogP contribution in [-0.2, 0) is 17.3 Å². The van der Waals surface area contributed by atoms with E-state index >= 15 is 0 Å². The third kappa shape index (κ3) is 3.61. The Kier molecular flexibility index (Phi) is 4.64. The SMILES string of the molecule is CCc1cc2c(c(C(F)(F)F)c1)C(=O)N1CCN(C(=O)OC(C)(C)C)C[C@@H]21. The Morgan fingerprint density at radius 2 is 1.89 bits per heavy atom. The Morgan fingerprint density at radius 3 is 2.44 bits per heavy atom. The molecule has 2 aliphatic heterocycles. The molecule has 1 saturated heterocycles. The third-order valence-electron chi connectivity index (χ3n) is 4.81. The molecule has 2 aliphatic rings. The highest BCUT2D eigenvalue weighted by molar-refractivity contribution is 6.01. The van der Waals surface area contributed by atoms with E-state index in [1.807, 2.05) is 0 Å². The second-order valence-electron chi connectivity index (χ2n) is 7.90. The summed E-state index contributed by atoms with van der Waals surface area (Å²) in [6, 6.07) is 2.13. The number of halogens is 3. The second kappa shape index (κ2) is 6.42. The summed E-state index contributed by atoms with van der Waals surface area (Å²) in [5, 5.41) is 0. The summed E-state index contributed by atoms with van der Waals surface area (Å²) in [6.07, 6.45) is -4.71. The van der Waals surface area contributed by atoms with Crippen LogP contribution in [0.4, 0.5) is 18.0 Å². The van der Waals surface area contributed by atoms with Crippen LogP contribution in [0.1, 0.15) is 60.8 Å². The summed E-state index contributed by atoms with van der Waals surface area (Å²) < 4.78 is 46.0. The van der Waals surface area contributed by atoms with Gasteiger partial charge in [-0.1, -0.05) is 13.0 Å². The van der Waals surface area contributed by atoms with Crippen LogP contribution in [0.25, 0.3) is 0 Å². The first-order chi connectivity index (χ1) is 12.4. The Balaban J connectivity index is 1.98. The van der Waals surface area contributed by atoms with Gasteiger partial charge in [-0.25, -0.2) is 4.79 Å². The predicted octanol–water partition coefficient (Wildman–Crippen LogP) is 4.02. The number of rotatable bonds is 1. The van der Waals surface area contributed by atoms with Crippen LogP contribution in [-0.4, -0.2) is 47.0 Å². The number of aryl methyl sites for hydroxylation is 1. The van der Waals surface area contributed by atoms with Crippen LogP contribution < -0.4 is 0 Å². The Morgan fingerprint density at radius 1 is 1.22 bits per heavy atom. The van der Waals surface area contributed by atoms with Crippen LogP contribution in [0.2, 0.25) is 0 Å². The van der Waals surface area contributed by atoms with Crippen molar-refractivity contribution in [2.45, 2.75) is 51.9 Å². The lowest BCUT2D eigenvalue weighted by molar-refractivity contribution is -0.138. The number of carbonyl (C=O) groups excluding carboxylic acids is 2.